The van der Waals surface area contributed by atoms with E-state index in [9.17, 15) is 4.79 Å². The normalized spacial score (nSPS) is 10.3. The van der Waals surface area contributed by atoms with Crippen LogP contribution in [0.15, 0.2) is 29.6 Å². The van der Waals surface area contributed by atoms with Gasteiger partial charge in [-0.2, -0.15) is 0 Å². The van der Waals surface area contributed by atoms with E-state index >= 15 is 0 Å². The third-order valence-corrected chi connectivity index (χ3v) is 3.55. The molecule has 1 aromatic heterocycles. The second kappa shape index (κ2) is 5.23. The number of halogens is 1. The van der Waals surface area contributed by atoms with Gasteiger partial charge in [0.15, 0.2) is 6.29 Å². The number of rotatable bonds is 4. The molecule has 1 heterocycles. The quantitative estimate of drug-likeness (QED) is 0.780. The monoisotopic (exact) mass is 251 g/mol. The highest BCUT2D eigenvalue weighted by Gasteiger charge is 2.03. The molecule has 2 rings (SSSR count). The number of nitrogens with zero attached hydrogens (tertiary/aromatic N) is 1. The highest BCUT2D eigenvalue weighted by atomic mass is 35.5. The molecule has 0 unspecified atom stereocenters. The Morgan fingerprint density at radius 3 is 2.81 bits per heavy atom. The summed E-state index contributed by atoms with van der Waals surface area (Å²) in [6.07, 6.45) is 2.45. The van der Waals surface area contributed by atoms with Crippen molar-refractivity contribution in [2.45, 2.75) is 12.8 Å². The van der Waals surface area contributed by atoms with Crippen molar-refractivity contribution in [2.75, 3.05) is 0 Å². The zero-order chi connectivity index (χ0) is 11.4. The average molecular weight is 252 g/mol. The number of aryl methyl sites for hydroxylation is 2. The Labute approximate surface area is 103 Å². The maximum absolute atomic E-state index is 10.5. The summed E-state index contributed by atoms with van der Waals surface area (Å²) >= 11 is 7.56. The summed E-state index contributed by atoms with van der Waals surface area (Å²) in [7, 11) is 0. The van der Waals surface area contributed by atoms with E-state index < -0.39 is 0 Å². The van der Waals surface area contributed by atoms with Crippen LogP contribution in [0.25, 0.3) is 0 Å². The molecule has 4 heteroatoms. The van der Waals surface area contributed by atoms with E-state index in [0.29, 0.717) is 5.69 Å². The van der Waals surface area contributed by atoms with Crippen LogP contribution in [-0.4, -0.2) is 11.3 Å². The molecule has 0 aliphatic carbocycles. The van der Waals surface area contributed by atoms with Gasteiger partial charge in [0, 0.05) is 16.8 Å². The first-order valence-corrected chi connectivity index (χ1v) is 6.18. The van der Waals surface area contributed by atoms with Crippen LogP contribution in [-0.2, 0) is 12.8 Å². The predicted octanol–water partition coefficient (Wildman–Crippen LogP) is 3.39. The summed E-state index contributed by atoms with van der Waals surface area (Å²) in [6.45, 7) is 0. The van der Waals surface area contributed by atoms with E-state index in [4.69, 9.17) is 11.6 Å². The van der Waals surface area contributed by atoms with Crippen LogP contribution in [0, 0.1) is 0 Å². The SMILES string of the molecule is O=Cc1csc(CCc2ccccc2Cl)n1. The Morgan fingerprint density at radius 2 is 2.12 bits per heavy atom. The van der Waals surface area contributed by atoms with Crippen molar-refractivity contribution in [3.63, 3.8) is 0 Å². The Balaban J connectivity index is 2.02. The molecular weight excluding hydrogens is 242 g/mol. The number of benzene rings is 1. The number of hydrogen-bond acceptors (Lipinski definition) is 3. The van der Waals surface area contributed by atoms with Crippen molar-refractivity contribution in [3.8, 4) is 0 Å². The second-order valence-corrected chi connectivity index (χ2v) is 4.73. The van der Waals surface area contributed by atoms with Gasteiger partial charge in [-0.3, -0.25) is 4.79 Å². The number of hydrogen-bond donors (Lipinski definition) is 0. The fourth-order valence-corrected chi connectivity index (χ4v) is 2.41. The number of thiazole rings is 1. The van der Waals surface area contributed by atoms with Gasteiger partial charge in [0.25, 0.3) is 0 Å². The van der Waals surface area contributed by atoms with Gasteiger partial charge in [0.2, 0.25) is 0 Å². The van der Waals surface area contributed by atoms with Crippen LogP contribution in [0.1, 0.15) is 21.1 Å². The van der Waals surface area contributed by atoms with E-state index in [1.165, 1.54) is 11.3 Å². The van der Waals surface area contributed by atoms with Gasteiger partial charge in [-0.15, -0.1) is 11.3 Å². The van der Waals surface area contributed by atoms with Gasteiger partial charge in [0.1, 0.15) is 5.69 Å². The average Bonchev–Trinajstić information content (AvgIpc) is 2.76. The number of aldehydes is 1. The summed E-state index contributed by atoms with van der Waals surface area (Å²) in [5.41, 5.74) is 1.63. The van der Waals surface area contributed by atoms with Gasteiger partial charge in [0.05, 0.1) is 5.01 Å². The molecule has 0 saturated heterocycles. The summed E-state index contributed by atoms with van der Waals surface area (Å²) < 4.78 is 0. The van der Waals surface area contributed by atoms with E-state index in [-0.39, 0.29) is 0 Å². The lowest BCUT2D eigenvalue weighted by Gasteiger charge is -2.01. The van der Waals surface area contributed by atoms with E-state index in [1.54, 1.807) is 5.38 Å². The standard InChI is InChI=1S/C12H10ClNOS/c13-11-4-2-1-3-9(11)5-6-12-14-10(7-15)8-16-12/h1-4,7-8H,5-6H2. The van der Waals surface area contributed by atoms with Crippen LogP contribution < -0.4 is 0 Å². The molecule has 0 N–H and O–H groups in total. The largest absolute Gasteiger partial charge is 0.296 e. The van der Waals surface area contributed by atoms with Crippen molar-refractivity contribution in [2.24, 2.45) is 0 Å². The minimum absolute atomic E-state index is 0.513. The molecule has 0 atom stereocenters. The zero-order valence-corrected chi connectivity index (χ0v) is 10.1. The first kappa shape index (κ1) is 11.3. The van der Waals surface area contributed by atoms with Crippen molar-refractivity contribution in [1.29, 1.82) is 0 Å². The lowest BCUT2D eigenvalue weighted by molar-refractivity contribution is 0.111. The maximum atomic E-state index is 10.5. The van der Waals surface area contributed by atoms with Crippen molar-refractivity contribution in [1.82, 2.24) is 4.98 Å². The molecule has 0 spiro atoms. The molecule has 0 aliphatic rings. The second-order valence-electron chi connectivity index (χ2n) is 3.38. The Hall–Kier alpha value is -1.19. The molecular formula is C12H10ClNOS. The maximum Gasteiger partial charge on any atom is 0.169 e. The smallest absolute Gasteiger partial charge is 0.169 e. The molecule has 2 aromatic rings. The van der Waals surface area contributed by atoms with Crippen LogP contribution in [0.3, 0.4) is 0 Å². The highest BCUT2D eigenvalue weighted by molar-refractivity contribution is 7.09. The molecule has 1 aromatic carbocycles. The van der Waals surface area contributed by atoms with Gasteiger partial charge < -0.3 is 0 Å². The molecule has 0 radical (unpaired) electrons. The van der Waals surface area contributed by atoms with Gasteiger partial charge in [-0.05, 0) is 18.1 Å². The fraction of sp³-hybridized carbons (Fsp3) is 0.167. The Bertz CT molecular complexity index is 495. The molecule has 0 saturated carbocycles. The highest BCUT2D eigenvalue weighted by Crippen LogP contribution is 2.18. The third kappa shape index (κ3) is 2.68. The minimum atomic E-state index is 0.513. The van der Waals surface area contributed by atoms with Gasteiger partial charge >= 0.3 is 0 Å². The zero-order valence-electron chi connectivity index (χ0n) is 8.52. The Morgan fingerprint density at radius 1 is 1.31 bits per heavy atom. The van der Waals surface area contributed by atoms with Gasteiger partial charge in [-0.25, -0.2) is 4.98 Å². The third-order valence-electron chi connectivity index (χ3n) is 2.26. The Kier molecular flexibility index (Phi) is 3.70. The first-order valence-electron chi connectivity index (χ1n) is 4.92. The van der Waals surface area contributed by atoms with Crippen LogP contribution in [0.5, 0.6) is 0 Å². The first-order chi connectivity index (χ1) is 7.79. The van der Waals surface area contributed by atoms with Crippen LogP contribution in [0.4, 0.5) is 0 Å². The van der Waals surface area contributed by atoms with Gasteiger partial charge in [-0.1, -0.05) is 29.8 Å². The number of carbonyl (C=O) groups is 1. The van der Waals surface area contributed by atoms with Crippen molar-refractivity contribution in [3.05, 3.63) is 50.9 Å². The molecule has 0 bridgehead atoms. The molecule has 0 amide bonds. The molecule has 2 nitrogen and oxygen atoms in total. The molecule has 0 aliphatic heterocycles. The van der Waals surface area contributed by atoms with E-state index in [2.05, 4.69) is 4.98 Å². The lowest BCUT2D eigenvalue weighted by Crippen LogP contribution is -1.92. The number of aromatic nitrogens is 1. The van der Waals surface area contributed by atoms with Crippen LogP contribution >= 0.6 is 22.9 Å². The summed E-state index contributed by atoms with van der Waals surface area (Å²) in [4.78, 5) is 14.7. The van der Waals surface area contributed by atoms with Crippen LogP contribution in [0.2, 0.25) is 5.02 Å². The topological polar surface area (TPSA) is 30.0 Å². The molecule has 16 heavy (non-hydrogen) atoms. The van der Waals surface area contributed by atoms with Crippen molar-refractivity contribution >= 4 is 29.2 Å². The summed E-state index contributed by atoms with van der Waals surface area (Å²) in [6, 6.07) is 7.78. The minimum Gasteiger partial charge on any atom is -0.296 e. The lowest BCUT2D eigenvalue weighted by atomic mass is 10.1. The molecule has 0 fully saturated rings. The summed E-state index contributed by atoms with van der Waals surface area (Å²) in [5.74, 6) is 0. The number of carbonyl (C=O) groups excluding carboxylic acids is 1. The van der Waals surface area contributed by atoms with E-state index in [1.807, 2.05) is 24.3 Å². The van der Waals surface area contributed by atoms with E-state index in [0.717, 1.165) is 34.7 Å². The fourth-order valence-electron chi connectivity index (χ4n) is 1.44. The van der Waals surface area contributed by atoms with Crippen molar-refractivity contribution < 1.29 is 4.79 Å². The summed E-state index contributed by atoms with van der Waals surface area (Å²) in [5, 5.41) is 3.53. The predicted molar refractivity (Wildman–Crippen MR) is 66.4 cm³/mol. The molecule has 82 valence electrons.